The highest BCUT2D eigenvalue weighted by molar-refractivity contribution is 5.71. The molecule has 1 atom stereocenters. The smallest absolute Gasteiger partial charge is 0.306 e. The average Bonchev–Trinajstić information content (AvgIpc) is 3.39. The van der Waals surface area contributed by atoms with Gasteiger partial charge in [-0.15, -0.1) is 0 Å². The first-order valence-corrected chi connectivity index (χ1v) is 28.6. The van der Waals surface area contributed by atoms with E-state index in [9.17, 15) is 14.4 Å². The molecule has 0 unspecified atom stereocenters. The van der Waals surface area contributed by atoms with Crippen molar-refractivity contribution >= 4 is 17.9 Å². The zero-order valence-electron chi connectivity index (χ0n) is 46.3. The first-order valence-electron chi connectivity index (χ1n) is 28.6. The summed E-state index contributed by atoms with van der Waals surface area (Å²) in [5.74, 6) is -1.14. The number of carbonyl (C=O) groups excluding carboxylic acids is 3. The Morgan fingerprint density at radius 3 is 0.918 bits per heavy atom. The summed E-state index contributed by atoms with van der Waals surface area (Å²) >= 11 is 0. The number of rotatable bonds is 49. The SMILES string of the molecule is CC/C=C\C/C=C\C/C=C\C/C=C\C/C=C\C/C=C\CCC(=O)OC[C@H](COC(=O)CCCCCCCCC/C=C\C/C=C\CCCCC)OC(=O)CC/C=C\C/C=C\C/C=C\C/C=C\C/C=C\C/C=C\CC. The summed E-state index contributed by atoms with van der Waals surface area (Å²) in [6.07, 6.45) is 87.9. The molecule has 0 aliphatic heterocycles. The van der Waals surface area contributed by atoms with Crippen LogP contribution in [0.2, 0.25) is 0 Å². The molecular weight excluding hydrogens is 901 g/mol. The van der Waals surface area contributed by atoms with Gasteiger partial charge in [-0.3, -0.25) is 14.4 Å². The predicted molar refractivity (Wildman–Crippen MR) is 315 cm³/mol. The summed E-state index contributed by atoms with van der Waals surface area (Å²) < 4.78 is 16.7. The van der Waals surface area contributed by atoms with E-state index >= 15 is 0 Å². The van der Waals surface area contributed by atoms with Crippen molar-refractivity contribution in [2.75, 3.05) is 13.2 Å². The second-order valence-electron chi connectivity index (χ2n) is 18.1. The molecule has 0 aromatic carbocycles. The first kappa shape index (κ1) is 67.8. The van der Waals surface area contributed by atoms with Gasteiger partial charge < -0.3 is 14.2 Å². The minimum absolute atomic E-state index is 0.144. The van der Waals surface area contributed by atoms with Gasteiger partial charge in [0.1, 0.15) is 13.2 Å². The molecule has 6 heteroatoms. The Bertz CT molecular complexity index is 1720. The molecule has 0 rings (SSSR count). The van der Waals surface area contributed by atoms with Crippen LogP contribution in [0.3, 0.4) is 0 Å². The van der Waals surface area contributed by atoms with Gasteiger partial charge in [0.05, 0.1) is 0 Å². The average molecular weight is 1000 g/mol. The highest BCUT2D eigenvalue weighted by atomic mass is 16.6. The summed E-state index contributed by atoms with van der Waals surface area (Å²) in [4.78, 5) is 38.1. The standard InChI is InChI=1S/C67H102O6/c1-4-7-10-13-16-19-22-25-28-31-33-36-39-42-45-48-51-54-57-60-66(69)72-63-64(62-71-65(68)59-56-53-50-47-44-41-38-35-30-27-24-21-18-15-12-9-6-3)73-67(70)61-58-55-52-49-46-43-40-37-34-32-29-26-23-20-17-14-11-8-5-2/h7-8,10-11,16-21,25-30,33-34,36-37,42-43,45-46,51-52,54-55,64H,4-6,9,12-15,22-24,31-32,35,38-41,44,47-50,53,56-63H2,1-3H3/b10-7-,11-8-,19-16-,20-17-,21-18-,28-25-,29-26-,30-27-,36-33-,37-34-,45-42-,46-43-,54-51-,55-52-/t64-/m0/s1. The number of hydrogen-bond donors (Lipinski definition) is 0. The Morgan fingerprint density at radius 2 is 0.562 bits per heavy atom. The van der Waals surface area contributed by atoms with E-state index in [-0.39, 0.29) is 38.0 Å². The molecule has 0 spiro atoms. The summed E-state index contributed by atoms with van der Waals surface area (Å²) in [5, 5.41) is 0. The Kier molecular flexibility index (Phi) is 55.1. The van der Waals surface area contributed by atoms with Crippen LogP contribution >= 0.6 is 0 Å². The third-order valence-corrected chi connectivity index (χ3v) is 11.2. The van der Waals surface area contributed by atoms with Crippen molar-refractivity contribution < 1.29 is 28.6 Å². The molecular formula is C67H102O6. The lowest BCUT2D eigenvalue weighted by Gasteiger charge is -2.18. The number of hydrogen-bond acceptors (Lipinski definition) is 6. The molecule has 0 amide bonds. The molecule has 0 radical (unpaired) electrons. The first-order chi connectivity index (χ1) is 36.0. The molecule has 406 valence electrons. The molecule has 0 bridgehead atoms. The molecule has 0 aliphatic carbocycles. The van der Waals surface area contributed by atoms with Gasteiger partial charge in [0.2, 0.25) is 0 Å². The van der Waals surface area contributed by atoms with Gasteiger partial charge in [0.25, 0.3) is 0 Å². The zero-order valence-corrected chi connectivity index (χ0v) is 46.3. The zero-order chi connectivity index (χ0) is 52.9. The van der Waals surface area contributed by atoms with Gasteiger partial charge in [-0.25, -0.2) is 0 Å². The number of esters is 3. The van der Waals surface area contributed by atoms with Crippen LogP contribution in [-0.2, 0) is 28.6 Å². The lowest BCUT2D eigenvalue weighted by molar-refractivity contribution is -0.166. The van der Waals surface area contributed by atoms with Gasteiger partial charge in [0.15, 0.2) is 6.10 Å². The molecule has 0 saturated heterocycles. The van der Waals surface area contributed by atoms with Gasteiger partial charge in [-0.1, -0.05) is 236 Å². The monoisotopic (exact) mass is 1000 g/mol. The number of ether oxygens (including phenoxy) is 3. The second-order valence-corrected chi connectivity index (χ2v) is 18.1. The summed E-state index contributed by atoms with van der Waals surface area (Å²) in [7, 11) is 0. The van der Waals surface area contributed by atoms with E-state index in [0.717, 1.165) is 109 Å². The molecule has 0 aromatic heterocycles. The number of carbonyl (C=O) groups is 3. The van der Waals surface area contributed by atoms with Crippen molar-refractivity contribution in [3.8, 4) is 0 Å². The fraction of sp³-hybridized carbons (Fsp3) is 0.537. The Morgan fingerprint density at radius 1 is 0.288 bits per heavy atom. The Hall–Kier alpha value is -5.23. The van der Waals surface area contributed by atoms with Gasteiger partial charge in [-0.2, -0.15) is 0 Å². The normalized spacial score (nSPS) is 13.4. The quantitative estimate of drug-likeness (QED) is 0.0261. The molecule has 0 aromatic rings. The highest BCUT2D eigenvalue weighted by Crippen LogP contribution is 2.12. The summed E-state index contributed by atoms with van der Waals surface area (Å²) in [6, 6.07) is 0. The third kappa shape index (κ3) is 57.5. The summed E-state index contributed by atoms with van der Waals surface area (Å²) in [5.41, 5.74) is 0. The van der Waals surface area contributed by atoms with Gasteiger partial charge in [0, 0.05) is 19.3 Å². The van der Waals surface area contributed by atoms with Crippen molar-refractivity contribution in [1.29, 1.82) is 0 Å². The topological polar surface area (TPSA) is 78.9 Å². The van der Waals surface area contributed by atoms with Crippen LogP contribution in [0.15, 0.2) is 170 Å². The predicted octanol–water partition coefficient (Wildman–Crippen LogP) is 19.5. The van der Waals surface area contributed by atoms with Crippen LogP contribution in [0, 0.1) is 0 Å². The van der Waals surface area contributed by atoms with Crippen molar-refractivity contribution in [2.24, 2.45) is 0 Å². The van der Waals surface area contributed by atoms with Crippen molar-refractivity contribution in [3.05, 3.63) is 170 Å². The molecule has 0 heterocycles. The fourth-order valence-electron chi connectivity index (χ4n) is 6.99. The molecule has 0 saturated carbocycles. The second kappa shape index (κ2) is 59.3. The molecule has 0 aliphatic rings. The van der Waals surface area contributed by atoms with Crippen LogP contribution in [0.1, 0.15) is 213 Å². The maximum absolute atomic E-state index is 12.8. The minimum Gasteiger partial charge on any atom is -0.462 e. The van der Waals surface area contributed by atoms with Crippen LogP contribution < -0.4 is 0 Å². The van der Waals surface area contributed by atoms with Gasteiger partial charge >= 0.3 is 17.9 Å². The van der Waals surface area contributed by atoms with E-state index in [0.29, 0.717) is 19.3 Å². The van der Waals surface area contributed by atoms with E-state index in [1.807, 2.05) is 24.3 Å². The Balaban J connectivity index is 4.67. The molecule has 0 fully saturated rings. The molecule has 73 heavy (non-hydrogen) atoms. The van der Waals surface area contributed by atoms with E-state index in [1.165, 1.54) is 51.4 Å². The Labute approximate surface area is 447 Å². The number of unbranched alkanes of at least 4 members (excludes halogenated alkanes) is 10. The molecule has 0 N–H and O–H groups in total. The van der Waals surface area contributed by atoms with E-state index in [4.69, 9.17) is 14.2 Å². The lowest BCUT2D eigenvalue weighted by Crippen LogP contribution is -2.30. The molecule has 6 nitrogen and oxygen atoms in total. The van der Waals surface area contributed by atoms with Crippen molar-refractivity contribution in [3.63, 3.8) is 0 Å². The van der Waals surface area contributed by atoms with Crippen molar-refractivity contribution in [1.82, 2.24) is 0 Å². The van der Waals surface area contributed by atoms with Crippen molar-refractivity contribution in [2.45, 2.75) is 219 Å². The highest BCUT2D eigenvalue weighted by Gasteiger charge is 2.19. The maximum atomic E-state index is 12.8. The van der Waals surface area contributed by atoms with E-state index < -0.39 is 12.1 Å². The van der Waals surface area contributed by atoms with Crippen LogP contribution in [0.4, 0.5) is 0 Å². The largest absolute Gasteiger partial charge is 0.462 e. The number of allylic oxidation sites excluding steroid dienone is 28. The fourth-order valence-corrected chi connectivity index (χ4v) is 6.99. The van der Waals surface area contributed by atoms with E-state index in [2.05, 4.69) is 167 Å². The van der Waals surface area contributed by atoms with Crippen LogP contribution in [-0.4, -0.2) is 37.2 Å². The third-order valence-electron chi connectivity index (χ3n) is 11.2. The maximum Gasteiger partial charge on any atom is 0.306 e. The summed E-state index contributed by atoms with van der Waals surface area (Å²) in [6.45, 7) is 6.23. The van der Waals surface area contributed by atoms with E-state index in [1.54, 1.807) is 0 Å². The lowest BCUT2D eigenvalue weighted by atomic mass is 10.1. The van der Waals surface area contributed by atoms with Gasteiger partial charge in [-0.05, 0) is 128 Å². The minimum atomic E-state index is -0.863. The van der Waals surface area contributed by atoms with Crippen LogP contribution in [0.25, 0.3) is 0 Å². The van der Waals surface area contributed by atoms with Crippen LogP contribution in [0.5, 0.6) is 0 Å².